The Kier molecular flexibility index (Phi) is 9.15. The Morgan fingerprint density at radius 3 is 1.77 bits per heavy atom. The lowest BCUT2D eigenvalue weighted by Gasteiger charge is -2.03. The summed E-state index contributed by atoms with van der Waals surface area (Å²) in [6.07, 6.45) is 2.38. The number of carbonyl (C=O) groups is 2. The summed E-state index contributed by atoms with van der Waals surface area (Å²) in [5.41, 5.74) is 0. The van der Waals surface area contributed by atoms with Crippen LogP contribution >= 0.6 is 0 Å². The van der Waals surface area contributed by atoms with Gasteiger partial charge in [0.05, 0.1) is 6.26 Å². The molecule has 0 fully saturated rings. The van der Waals surface area contributed by atoms with E-state index in [0.717, 1.165) is 6.26 Å². The molecular formula is C9H15NO3. The summed E-state index contributed by atoms with van der Waals surface area (Å²) >= 11 is 0. The molecule has 0 aliphatic carbocycles. The van der Waals surface area contributed by atoms with Gasteiger partial charge in [-0.1, -0.05) is 13.2 Å². The largest absolute Gasteiger partial charge is 0.435 e. The Labute approximate surface area is 78.5 Å². The highest BCUT2D eigenvalue weighted by atomic mass is 16.5. The summed E-state index contributed by atoms with van der Waals surface area (Å²) in [4.78, 5) is 21.5. The van der Waals surface area contributed by atoms with E-state index < -0.39 is 0 Å². The molecule has 0 atom stereocenters. The van der Waals surface area contributed by atoms with E-state index in [-0.39, 0.29) is 11.9 Å². The molecule has 4 heteroatoms. The smallest absolute Gasteiger partial charge is 0.307 e. The highest BCUT2D eigenvalue weighted by molar-refractivity contribution is 5.86. The average Bonchev–Trinajstić information content (AvgIpc) is 2.03. The molecule has 0 bridgehead atoms. The number of carbonyl (C=O) groups excluding carboxylic acids is 2. The molecule has 0 N–H and O–H groups in total. The molecule has 74 valence electrons. The second kappa shape index (κ2) is 8.52. The van der Waals surface area contributed by atoms with Crippen LogP contribution in [0.2, 0.25) is 0 Å². The van der Waals surface area contributed by atoms with E-state index in [1.54, 1.807) is 14.1 Å². The third-order valence-electron chi connectivity index (χ3n) is 0.865. The van der Waals surface area contributed by atoms with E-state index in [1.165, 1.54) is 17.9 Å². The fourth-order valence-corrected chi connectivity index (χ4v) is 0.300. The fourth-order valence-electron chi connectivity index (χ4n) is 0.300. The monoisotopic (exact) mass is 185 g/mol. The van der Waals surface area contributed by atoms with Crippen LogP contribution < -0.4 is 0 Å². The van der Waals surface area contributed by atoms with Gasteiger partial charge in [-0.15, -0.1) is 0 Å². The summed E-state index contributed by atoms with van der Waals surface area (Å²) in [5, 5.41) is 0. The number of esters is 1. The lowest BCUT2D eigenvalue weighted by Crippen LogP contribution is -2.18. The number of hydrogen-bond acceptors (Lipinski definition) is 3. The molecule has 0 aromatic rings. The Morgan fingerprint density at radius 1 is 1.31 bits per heavy atom. The topological polar surface area (TPSA) is 46.6 Å². The molecule has 0 unspecified atom stereocenters. The van der Waals surface area contributed by atoms with Crippen molar-refractivity contribution < 1.29 is 14.3 Å². The van der Waals surface area contributed by atoms with Crippen molar-refractivity contribution >= 4 is 11.9 Å². The van der Waals surface area contributed by atoms with Crippen molar-refractivity contribution in [1.29, 1.82) is 0 Å². The Bertz CT molecular complexity index is 197. The van der Waals surface area contributed by atoms with Gasteiger partial charge in [0, 0.05) is 21.0 Å². The first-order chi connectivity index (χ1) is 5.95. The molecule has 0 aliphatic heterocycles. The molecule has 1 amide bonds. The van der Waals surface area contributed by atoms with Crippen LogP contribution in [0.15, 0.2) is 25.5 Å². The molecule has 0 aromatic carbocycles. The maximum Gasteiger partial charge on any atom is 0.307 e. The van der Waals surface area contributed by atoms with E-state index in [2.05, 4.69) is 17.9 Å². The first kappa shape index (κ1) is 14.0. The number of likely N-dealkylation sites (N-methyl/N-ethyl adjacent to an activating group) is 1. The van der Waals surface area contributed by atoms with Crippen LogP contribution in [0.5, 0.6) is 0 Å². The van der Waals surface area contributed by atoms with E-state index in [9.17, 15) is 9.59 Å². The van der Waals surface area contributed by atoms with Crippen molar-refractivity contribution in [2.45, 2.75) is 6.92 Å². The van der Waals surface area contributed by atoms with Crippen molar-refractivity contribution in [3.05, 3.63) is 25.5 Å². The summed E-state index contributed by atoms with van der Waals surface area (Å²) < 4.78 is 4.17. The molecule has 0 saturated heterocycles. The van der Waals surface area contributed by atoms with Crippen LogP contribution in [0.25, 0.3) is 0 Å². The molecule has 0 aromatic heterocycles. The van der Waals surface area contributed by atoms with E-state index in [1.807, 2.05) is 0 Å². The van der Waals surface area contributed by atoms with Gasteiger partial charge in [-0.25, -0.2) is 0 Å². The summed E-state index contributed by atoms with van der Waals surface area (Å²) in [5.74, 6) is -0.384. The van der Waals surface area contributed by atoms with Gasteiger partial charge >= 0.3 is 5.97 Å². The third kappa shape index (κ3) is 13.4. The van der Waals surface area contributed by atoms with E-state index >= 15 is 0 Å². The highest BCUT2D eigenvalue weighted by Gasteiger charge is 1.91. The van der Waals surface area contributed by atoms with Crippen LogP contribution in [0, 0.1) is 0 Å². The van der Waals surface area contributed by atoms with Crippen LogP contribution in [0.1, 0.15) is 6.92 Å². The zero-order valence-corrected chi connectivity index (χ0v) is 8.24. The van der Waals surface area contributed by atoms with Crippen LogP contribution in [-0.4, -0.2) is 30.9 Å². The van der Waals surface area contributed by atoms with Gasteiger partial charge in [0.1, 0.15) is 0 Å². The van der Waals surface area contributed by atoms with Crippen molar-refractivity contribution in [3.8, 4) is 0 Å². The first-order valence-corrected chi connectivity index (χ1v) is 3.57. The minimum absolute atomic E-state index is 0.0556. The molecule has 0 aliphatic rings. The molecule has 13 heavy (non-hydrogen) atoms. The zero-order chi connectivity index (χ0) is 10.9. The van der Waals surface area contributed by atoms with Crippen molar-refractivity contribution in [2.75, 3.05) is 14.1 Å². The Balaban J connectivity index is 0. The van der Waals surface area contributed by atoms with Crippen LogP contribution in [-0.2, 0) is 14.3 Å². The fraction of sp³-hybridized carbons (Fsp3) is 0.333. The minimum Gasteiger partial charge on any atom is -0.435 e. The molecule has 0 saturated carbocycles. The van der Waals surface area contributed by atoms with Crippen molar-refractivity contribution in [1.82, 2.24) is 4.90 Å². The predicted molar refractivity (Wildman–Crippen MR) is 50.9 cm³/mol. The standard InChI is InChI=1S/C5H9NO.C4H6O2/c1-4-5(7)6(2)3;1-3-6-4(2)5/h4H,1H2,2-3H3;3H,1H2,2H3. The van der Waals surface area contributed by atoms with Crippen molar-refractivity contribution in [3.63, 3.8) is 0 Å². The van der Waals surface area contributed by atoms with E-state index in [0.29, 0.717) is 0 Å². The number of amides is 1. The average molecular weight is 185 g/mol. The summed E-state index contributed by atoms with van der Waals surface area (Å²) in [7, 11) is 3.37. The van der Waals surface area contributed by atoms with Gasteiger partial charge in [0.25, 0.3) is 0 Å². The minimum atomic E-state index is -0.329. The zero-order valence-electron chi connectivity index (χ0n) is 8.24. The molecule has 0 heterocycles. The van der Waals surface area contributed by atoms with Gasteiger partial charge in [-0.2, -0.15) is 0 Å². The van der Waals surface area contributed by atoms with Crippen LogP contribution in [0.4, 0.5) is 0 Å². The number of ether oxygens (including phenoxy) is 1. The quantitative estimate of drug-likeness (QED) is 0.365. The highest BCUT2D eigenvalue weighted by Crippen LogP contribution is 1.75. The normalized spacial score (nSPS) is 7.31. The second-order valence-electron chi connectivity index (χ2n) is 2.21. The number of hydrogen-bond donors (Lipinski definition) is 0. The lowest BCUT2D eigenvalue weighted by molar-refractivity contribution is -0.135. The first-order valence-electron chi connectivity index (χ1n) is 3.57. The summed E-state index contributed by atoms with van der Waals surface area (Å²) in [6.45, 7) is 7.77. The molecule has 0 rings (SSSR count). The number of nitrogens with zero attached hydrogens (tertiary/aromatic N) is 1. The predicted octanol–water partition coefficient (Wildman–Crippen LogP) is 0.954. The molecule has 0 radical (unpaired) electrons. The number of rotatable bonds is 2. The van der Waals surface area contributed by atoms with Gasteiger partial charge in [-0.05, 0) is 6.08 Å². The Hall–Kier alpha value is -1.58. The second-order valence-corrected chi connectivity index (χ2v) is 2.21. The van der Waals surface area contributed by atoms with Crippen molar-refractivity contribution in [2.24, 2.45) is 0 Å². The van der Waals surface area contributed by atoms with Crippen LogP contribution in [0.3, 0.4) is 0 Å². The Morgan fingerprint density at radius 2 is 1.77 bits per heavy atom. The third-order valence-corrected chi connectivity index (χ3v) is 0.865. The van der Waals surface area contributed by atoms with Gasteiger partial charge < -0.3 is 9.64 Å². The maximum atomic E-state index is 10.3. The van der Waals surface area contributed by atoms with Gasteiger partial charge in [0.2, 0.25) is 5.91 Å². The SMILES string of the molecule is C=CC(=O)N(C)C.C=COC(C)=O. The summed E-state index contributed by atoms with van der Waals surface area (Å²) in [6, 6.07) is 0. The molecule has 0 spiro atoms. The molecular weight excluding hydrogens is 170 g/mol. The maximum absolute atomic E-state index is 10.3. The lowest BCUT2D eigenvalue weighted by atomic mass is 10.5. The van der Waals surface area contributed by atoms with E-state index in [4.69, 9.17) is 0 Å². The van der Waals surface area contributed by atoms with Gasteiger partial charge in [-0.3, -0.25) is 9.59 Å². The molecule has 4 nitrogen and oxygen atoms in total. The van der Waals surface area contributed by atoms with Gasteiger partial charge in [0.15, 0.2) is 0 Å².